The Hall–Kier alpha value is -7.16. The van der Waals surface area contributed by atoms with Crippen molar-refractivity contribution in [1.29, 1.82) is 0 Å². The molecule has 0 saturated carbocycles. The van der Waals surface area contributed by atoms with Gasteiger partial charge >= 0.3 is 0 Å². The van der Waals surface area contributed by atoms with E-state index in [-0.39, 0.29) is 0 Å². The van der Waals surface area contributed by atoms with Crippen LogP contribution in [0, 0.1) is 0 Å². The third-order valence-electron chi connectivity index (χ3n) is 11.4. The molecule has 2 heteroatoms. The highest BCUT2D eigenvalue weighted by atomic mass is 16.3. The van der Waals surface area contributed by atoms with Crippen LogP contribution in [0.4, 0.5) is 0 Å². The molecule has 0 aliphatic rings. The zero-order chi connectivity index (χ0) is 35.3. The van der Waals surface area contributed by atoms with Crippen LogP contribution in [-0.2, 0) is 0 Å². The van der Waals surface area contributed by atoms with Crippen LogP contribution >= 0.6 is 0 Å². The topological polar surface area (TPSA) is 26.3 Å². The minimum Gasteiger partial charge on any atom is -0.456 e. The Morgan fingerprint density at radius 3 is 1.50 bits per heavy atom. The van der Waals surface area contributed by atoms with Gasteiger partial charge in [-0.1, -0.05) is 146 Å². The molecule has 0 radical (unpaired) electrons. The summed E-state index contributed by atoms with van der Waals surface area (Å²) in [6.07, 6.45) is 0. The van der Waals surface area contributed by atoms with Crippen molar-refractivity contribution in [3.63, 3.8) is 0 Å². The summed E-state index contributed by atoms with van der Waals surface area (Å²) in [4.78, 5) is 0. The van der Waals surface area contributed by atoms with E-state index in [2.05, 4.69) is 170 Å². The van der Waals surface area contributed by atoms with Crippen molar-refractivity contribution in [3.8, 4) is 33.4 Å². The first-order chi connectivity index (χ1) is 26.8. The average molecular weight is 687 g/mol. The first kappa shape index (κ1) is 29.4. The van der Waals surface area contributed by atoms with Crippen molar-refractivity contribution in [3.05, 3.63) is 182 Å². The molecule has 0 fully saturated rings. The molecule has 10 aromatic carbocycles. The lowest BCUT2D eigenvalue weighted by atomic mass is 9.84. The third kappa shape index (κ3) is 4.17. The van der Waals surface area contributed by atoms with Crippen molar-refractivity contribution in [1.82, 2.24) is 0 Å². The van der Waals surface area contributed by atoms with Crippen molar-refractivity contribution in [2.45, 2.75) is 0 Å². The maximum Gasteiger partial charge on any atom is 0.136 e. The van der Waals surface area contributed by atoms with Crippen molar-refractivity contribution in [2.24, 2.45) is 0 Å². The summed E-state index contributed by atoms with van der Waals surface area (Å²) in [5, 5.41) is 14.3. The van der Waals surface area contributed by atoms with E-state index < -0.39 is 0 Å². The van der Waals surface area contributed by atoms with Crippen LogP contribution in [-0.4, -0.2) is 0 Å². The van der Waals surface area contributed by atoms with Gasteiger partial charge in [-0.2, -0.15) is 0 Å². The van der Waals surface area contributed by atoms with Gasteiger partial charge in [0.15, 0.2) is 0 Å². The quantitative estimate of drug-likeness (QED) is 0.173. The second-order valence-electron chi connectivity index (χ2n) is 14.3. The summed E-state index contributed by atoms with van der Waals surface area (Å²) >= 11 is 0. The number of benzene rings is 10. The Balaban J connectivity index is 1.06. The van der Waals surface area contributed by atoms with Gasteiger partial charge in [-0.05, 0) is 113 Å². The lowest BCUT2D eigenvalue weighted by molar-refractivity contribution is 0.668. The lowest BCUT2D eigenvalue weighted by Crippen LogP contribution is -1.91. The molecule has 12 rings (SSSR count). The zero-order valence-electron chi connectivity index (χ0n) is 29.1. The molecule has 250 valence electrons. The van der Waals surface area contributed by atoms with Gasteiger partial charge in [0.1, 0.15) is 22.3 Å². The first-order valence-corrected chi connectivity index (χ1v) is 18.5. The van der Waals surface area contributed by atoms with Crippen LogP contribution in [0.5, 0.6) is 0 Å². The maximum atomic E-state index is 6.77. The molecule has 54 heavy (non-hydrogen) atoms. The fourth-order valence-electron chi connectivity index (χ4n) is 9.10. The summed E-state index contributed by atoms with van der Waals surface area (Å²) in [7, 11) is 0. The number of para-hydroxylation sites is 1. The standard InChI is InChI=1S/C52H30O2/c1-2-14-34-31(12-1)13-11-22-38(34)51-42-19-7-5-17-40(42)50(41-18-6-8-20-43(41)51)33-25-27-37-36-26-24-32(28-47(36)54-48(37)29-33)45-30-49-52(39-16-4-3-15-35(39)45)44-21-9-10-23-46(44)53-49/h1-30H. The van der Waals surface area contributed by atoms with Gasteiger partial charge in [0.25, 0.3) is 0 Å². The number of rotatable bonds is 3. The molecule has 0 unspecified atom stereocenters. The molecule has 0 amide bonds. The highest BCUT2D eigenvalue weighted by molar-refractivity contribution is 6.25. The molecule has 0 N–H and O–H groups in total. The van der Waals surface area contributed by atoms with Crippen molar-refractivity contribution < 1.29 is 8.83 Å². The molecule has 12 aromatic rings. The molecule has 2 nitrogen and oxygen atoms in total. The monoisotopic (exact) mass is 686 g/mol. The molecule has 0 aliphatic carbocycles. The van der Waals surface area contributed by atoms with Gasteiger partial charge in [-0.3, -0.25) is 0 Å². The number of fused-ring (bicyclic) bond motifs is 11. The minimum atomic E-state index is 0.870. The maximum absolute atomic E-state index is 6.77. The van der Waals surface area contributed by atoms with Gasteiger partial charge in [0.05, 0.1) is 0 Å². The lowest BCUT2D eigenvalue weighted by Gasteiger charge is -2.18. The Bertz CT molecular complexity index is 3440. The van der Waals surface area contributed by atoms with Gasteiger partial charge in [0.2, 0.25) is 0 Å². The third-order valence-corrected chi connectivity index (χ3v) is 11.4. The number of hydrogen-bond acceptors (Lipinski definition) is 2. The van der Waals surface area contributed by atoms with Gasteiger partial charge in [0, 0.05) is 21.5 Å². The van der Waals surface area contributed by atoms with Crippen LogP contribution in [0.25, 0.3) is 120 Å². The Morgan fingerprint density at radius 2 is 0.778 bits per heavy atom. The van der Waals surface area contributed by atoms with E-state index in [1.165, 1.54) is 59.8 Å². The van der Waals surface area contributed by atoms with Crippen LogP contribution < -0.4 is 0 Å². The fraction of sp³-hybridized carbons (Fsp3) is 0. The first-order valence-electron chi connectivity index (χ1n) is 18.5. The van der Waals surface area contributed by atoms with Crippen LogP contribution in [0.2, 0.25) is 0 Å². The largest absolute Gasteiger partial charge is 0.456 e. The van der Waals surface area contributed by atoms with Crippen molar-refractivity contribution >= 4 is 87.0 Å². The zero-order valence-corrected chi connectivity index (χ0v) is 29.1. The number of furan rings is 2. The molecular formula is C52H30O2. The molecule has 0 aliphatic heterocycles. The smallest absolute Gasteiger partial charge is 0.136 e. The minimum absolute atomic E-state index is 0.870. The summed E-state index contributed by atoms with van der Waals surface area (Å²) in [6.45, 7) is 0. The van der Waals surface area contributed by atoms with Crippen molar-refractivity contribution in [2.75, 3.05) is 0 Å². The second-order valence-corrected chi connectivity index (χ2v) is 14.3. The predicted octanol–water partition coefficient (Wildman–Crippen LogP) is 15.1. The molecule has 0 atom stereocenters. The Labute approximate surface area is 310 Å². The van der Waals surface area contributed by atoms with Crippen LogP contribution in [0.1, 0.15) is 0 Å². The molecule has 0 saturated heterocycles. The van der Waals surface area contributed by atoms with E-state index in [1.807, 2.05) is 12.1 Å². The highest BCUT2D eigenvalue weighted by Gasteiger charge is 2.20. The Kier molecular flexibility index (Phi) is 6.09. The second kappa shape index (κ2) is 11.2. The van der Waals surface area contributed by atoms with E-state index >= 15 is 0 Å². The normalized spacial score (nSPS) is 12.1. The van der Waals surface area contributed by atoms with E-state index in [1.54, 1.807) is 0 Å². The average Bonchev–Trinajstić information content (AvgIpc) is 3.80. The molecule has 2 heterocycles. The van der Waals surface area contributed by atoms with Gasteiger partial charge in [-0.15, -0.1) is 0 Å². The van der Waals surface area contributed by atoms with E-state index in [0.717, 1.165) is 60.6 Å². The Morgan fingerprint density at radius 1 is 0.259 bits per heavy atom. The van der Waals surface area contributed by atoms with Gasteiger partial charge in [-0.25, -0.2) is 0 Å². The summed E-state index contributed by atoms with van der Waals surface area (Å²) in [5.74, 6) is 0. The van der Waals surface area contributed by atoms with E-state index in [9.17, 15) is 0 Å². The SMILES string of the molecule is c1ccc2c(-c3c4ccccc4c(-c4ccc5c(c4)oc4cc(-c6cc7oc8ccccc8c7c7ccccc67)ccc45)c4ccccc34)cccc2c1. The van der Waals surface area contributed by atoms with Crippen LogP contribution in [0.15, 0.2) is 191 Å². The van der Waals surface area contributed by atoms with Gasteiger partial charge < -0.3 is 8.83 Å². The fourth-order valence-corrected chi connectivity index (χ4v) is 9.10. The summed E-state index contributed by atoms with van der Waals surface area (Å²) < 4.78 is 13.2. The molecule has 2 aromatic heterocycles. The van der Waals surface area contributed by atoms with E-state index in [4.69, 9.17) is 8.83 Å². The molecular weight excluding hydrogens is 657 g/mol. The number of hydrogen-bond donors (Lipinski definition) is 0. The highest BCUT2D eigenvalue weighted by Crippen LogP contribution is 2.47. The summed E-state index contributed by atoms with van der Waals surface area (Å²) in [6, 6.07) is 65.5. The molecule has 0 bridgehead atoms. The predicted molar refractivity (Wildman–Crippen MR) is 227 cm³/mol. The summed E-state index contributed by atoms with van der Waals surface area (Å²) in [5.41, 5.74) is 10.7. The van der Waals surface area contributed by atoms with E-state index in [0.29, 0.717) is 0 Å². The molecule has 0 spiro atoms. The van der Waals surface area contributed by atoms with Crippen LogP contribution in [0.3, 0.4) is 0 Å².